The molecule has 3 saturated carbocycles. The molecule has 1 heterocycles. The number of fused-ring (bicyclic) bond motifs is 6. The monoisotopic (exact) mass is 373 g/mol. The molecule has 0 radical (unpaired) electrons. The van der Waals surface area contributed by atoms with Gasteiger partial charge in [0.05, 0.1) is 0 Å². The van der Waals surface area contributed by atoms with Crippen LogP contribution in [0, 0.1) is 40.4 Å². The van der Waals surface area contributed by atoms with Gasteiger partial charge in [-0.2, -0.15) is 0 Å². The minimum atomic E-state index is -0.390. The summed E-state index contributed by atoms with van der Waals surface area (Å²) in [5, 5.41) is 18.1. The average molecular weight is 373 g/mol. The molecule has 1 aliphatic heterocycles. The molecule has 0 aromatic carbocycles. The number of hydrogen-bond acceptors (Lipinski definition) is 4. The topological polar surface area (TPSA) is 102 Å². The van der Waals surface area contributed by atoms with E-state index in [9.17, 15) is 9.90 Å². The van der Waals surface area contributed by atoms with Gasteiger partial charge >= 0.3 is 5.97 Å². The van der Waals surface area contributed by atoms with Gasteiger partial charge in [0.25, 0.3) is 0 Å². The largest absolute Gasteiger partial charge is 0.451 e. The number of nitrogens with one attached hydrogen (secondary N) is 1. The van der Waals surface area contributed by atoms with E-state index in [1.54, 1.807) is 6.08 Å². The quantitative estimate of drug-likeness (QED) is 0.691. The Morgan fingerprint density at radius 3 is 2.78 bits per heavy atom. The summed E-state index contributed by atoms with van der Waals surface area (Å²) in [4.78, 5) is 11.9. The number of aliphatic hydroxyl groups excluding tert-OH is 1. The Labute approximate surface area is 160 Å². The maximum absolute atomic E-state index is 11.9. The van der Waals surface area contributed by atoms with Crippen LogP contribution >= 0.6 is 0 Å². The Bertz CT molecular complexity index is 728. The van der Waals surface area contributed by atoms with Crippen molar-refractivity contribution < 1.29 is 20.1 Å². The number of esters is 1. The number of carbonyl (C=O) groups is 1. The fourth-order valence-corrected chi connectivity index (χ4v) is 7.47. The predicted molar refractivity (Wildman–Crippen MR) is 102 cm³/mol. The van der Waals surface area contributed by atoms with Crippen molar-refractivity contribution in [2.45, 2.75) is 57.5 Å². The molecule has 5 aliphatic rings. The summed E-state index contributed by atoms with van der Waals surface area (Å²) in [5.74, 6) is 2.42. The molecule has 1 spiro atoms. The van der Waals surface area contributed by atoms with Crippen molar-refractivity contribution in [3.05, 3.63) is 23.8 Å². The van der Waals surface area contributed by atoms with Crippen LogP contribution in [0.15, 0.2) is 23.8 Å². The van der Waals surface area contributed by atoms with Crippen LogP contribution in [0.25, 0.3) is 0 Å². The summed E-state index contributed by atoms with van der Waals surface area (Å²) in [6.45, 7) is 2.54. The third-order valence-corrected chi connectivity index (χ3v) is 8.71. The molecule has 0 aromatic rings. The van der Waals surface area contributed by atoms with Gasteiger partial charge in [-0.3, -0.25) is 0 Å². The molecule has 4 unspecified atom stereocenters. The maximum Gasteiger partial charge on any atom is 0.331 e. The van der Waals surface area contributed by atoms with Crippen molar-refractivity contribution in [1.29, 1.82) is 5.41 Å². The number of hydrogen-bond donors (Lipinski definition) is 2. The lowest BCUT2D eigenvalue weighted by Gasteiger charge is -2.56. The summed E-state index contributed by atoms with van der Waals surface area (Å²) in [7, 11) is 0. The van der Waals surface area contributed by atoms with E-state index in [0.29, 0.717) is 23.7 Å². The minimum absolute atomic E-state index is 0. The SMILES string of the molecule is C[C@]12CCC3C(CC(CO)C4=CC(=N)CC[C@@H]43)C1CC[C@@]21C=CC(=O)O1.O. The lowest BCUT2D eigenvalue weighted by atomic mass is 9.49. The van der Waals surface area contributed by atoms with Crippen LogP contribution in [0.4, 0.5) is 0 Å². The van der Waals surface area contributed by atoms with Gasteiger partial charge in [0.2, 0.25) is 0 Å². The Morgan fingerprint density at radius 2 is 2.07 bits per heavy atom. The van der Waals surface area contributed by atoms with Crippen LogP contribution in [0.2, 0.25) is 0 Å². The number of ether oxygens (including phenoxy) is 1. The van der Waals surface area contributed by atoms with Gasteiger partial charge in [0.1, 0.15) is 5.60 Å². The Hall–Kier alpha value is -1.46. The van der Waals surface area contributed by atoms with Crippen molar-refractivity contribution in [3.63, 3.8) is 0 Å². The van der Waals surface area contributed by atoms with Crippen molar-refractivity contribution in [2.75, 3.05) is 6.61 Å². The zero-order valence-corrected chi connectivity index (χ0v) is 16.0. The standard InChI is InChI=1S/C22H29NO3.H2O/c1-21-7-4-16-15-3-2-14(23)11-17(15)13(12-24)10-18(16)19(21)5-8-22(21)9-6-20(25)26-22;/h6,9,11,13,15-16,18-19,23-24H,2-5,7-8,10,12H2,1H3;1H2/t13?,15-,16?,18?,19?,21+,22-;/m1./s1. The van der Waals surface area contributed by atoms with E-state index in [4.69, 9.17) is 10.1 Å². The van der Waals surface area contributed by atoms with Crippen molar-refractivity contribution in [1.82, 2.24) is 0 Å². The number of rotatable bonds is 1. The smallest absolute Gasteiger partial charge is 0.331 e. The Balaban J connectivity index is 0.00000180. The van der Waals surface area contributed by atoms with Gasteiger partial charge in [0.15, 0.2) is 0 Å². The van der Waals surface area contributed by atoms with Gasteiger partial charge in [0, 0.05) is 29.7 Å². The second kappa shape index (κ2) is 6.28. The molecule has 4 N–H and O–H groups in total. The Kier molecular flexibility index (Phi) is 4.39. The van der Waals surface area contributed by atoms with E-state index in [0.717, 1.165) is 44.2 Å². The molecule has 0 bridgehead atoms. The van der Waals surface area contributed by atoms with E-state index >= 15 is 0 Å². The van der Waals surface area contributed by atoms with Gasteiger partial charge in [-0.25, -0.2) is 4.79 Å². The van der Waals surface area contributed by atoms with E-state index in [2.05, 4.69) is 19.1 Å². The van der Waals surface area contributed by atoms with Crippen LogP contribution in [0.5, 0.6) is 0 Å². The molecule has 27 heavy (non-hydrogen) atoms. The second-order valence-electron chi connectivity index (χ2n) is 9.50. The zero-order chi connectivity index (χ0) is 18.1. The molecular weight excluding hydrogens is 342 g/mol. The molecule has 7 atom stereocenters. The van der Waals surface area contributed by atoms with E-state index in [1.807, 2.05) is 0 Å². The van der Waals surface area contributed by atoms with Gasteiger partial charge < -0.3 is 20.7 Å². The van der Waals surface area contributed by atoms with Crippen LogP contribution in [0.3, 0.4) is 0 Å². The molecule has 5 rings (SSSR count). The Morgan fingerprint density at radius 1 is 1.26 bits per heavy atom. The summed E-state index contributed by atoms with van der Waals surface area (Å²) in [6, 6.07) is 0. The second-order valence-corrected chi connectivity index (χ2v) is 9.50. The molecule has 148 valence electrons. The molecule has 0 aromatic heterocycles. The minimum Gasteiger partial charge on any atom is -0.451 e. The number of carbonyl (C=O) groups excluding carboxylic acids is 1. The molecule has 4 aliphatic carbocycles. The first-order valence-electron chi connectivity index (χ1n) is 10.3. The van der Waals surface area contributed by atoms with Crippen molar-refractivity contribution >= 4 is 11.7 Å². The molecule has 0 amide bonds. The first-order valence-corrected chi connectivity index (χ1v) is 10.3. The third kappa shape index (κ3) is 2.44. The van der Waals surface area contributed by atoms with E-state index < -0.39 is 0 Å². The van der Waals surface area contributed by atoms with Crippen LogP contribution in [-0.4, -0.2) is 34.5 Å². The fraction of sp³-hybridized carbons (Fsp3) is 0.727. The van der Waals surface area contributed by atoms with Crippen molar-refractivity contribution in [3.8, 4) is 0 Å². The lowest BCUT2D eigenvalue weighted by Crippen LogP contribution is -2.53. The van der Waals surface area contributed by atoms with Crippen LogP contribution in [-0.2, 0) is 9.53 Å². The fourth-order valence-electron chi connectivity index (χ4n) is 7.47. The van der Waals surface area contributed by atoms with Crippen LogP contribution in [0.1, 0.15) is 51.9 Å². The highest BCUT2D eigenvalue weighted by Crippen LogP contribution is 2.67. The summed E-state index contributed by atoms with van der Waals surface area (Å²) in [6.07, 6.45) is 13.1. The van der Waals surface area contributed by atoms with Gasteiger partial charge in [-0.15, -0.1) is 0 Å². The predicted octanol–water partition coefficient (Wildman–Crippen LogP) is 2.82. The first-order chi connectivity index (χ1) is 12.5. The van der Waals surface area contributed by atoms with Gasteiger partial charge in [-0.1, -0.05) is 12.5 Å². The maximum atomic E-state index is 11.9. The van der Waals surface area contributed by atoms with E-state index in [1.165, 1.54) is 12.0 Å². The van der Waals surface area contributed by atoms with Crippen LogP contribution < -0.4 is 0 Å². The highest BCUT2D eigenvalue weighted by molar-refractivity contribution is 5.94. The summed E-state index contributed by atoms with van der Waals surface area (Å²) < 4.78 is 5.90. The normalized spacial score (nSPS) is 47.6. The first kappa shape index (κ1) is 18.9. The molecule has 0 saturated heterocycles. The lowest BCUT2D eigenvalue weighted by molar-refractivity contribution is -0.161. The van der Waals surface area contributed by atoms with Gasteiger partial charge in [-0.05, 0) is 80.8 Å². The third-order valence-electron chi connectivity index (χ3n) is 8.71. The molecular formula is C22H31NO4. The van der Waals surface area contributed by atoms with Crippen molar-refractivity contribution in [2.24, 2.45) is 35.0 Å². The molecule has 5 nitrogen and oxygen atoms in total. The van der Waals surface area contributed by atoms with E-state index in [-0.39, 0.29) is 35.0 Å². The molecule has 5 heteroatoms. The average Bonchev–Trinajstić information content (AvgIpc) is 3.15. The highest BCUT2D eigenvalue weighted by atomic mass is 16.6. The number of aliphatic hydroxyl groups is 1. The molecule has 3 fully saturated rings. The zero-order valence-electron chi connectivity index (χ0n) is 16.0. The summed E-state index contributed by atoms with van der Waals surface area (Å²) in [5.41, 5.74) is 1.73. The highest BCUT2D eigenvalue weighted by Gasteiger charge is 2.65. The number of allylic oxidation sites excluding steroid dienone is 1. The summed E-state index contributed by atoms with van der Waals surface area (Å²) >= 11 is 0.